The summed E-state index contributed by atoms with van der Waals surface area (Å²) in [7, 11) is 4.52. The fourth-order valence-electron chi connectivity index (χ4n) is 1.26. The number of esters is 1. The van der Waals surface area contributed by atoms with E-state index in [1.165, 1.54) is 7.11 Å². The van der Waals surface area contributed by atoms with Crippen LogP contribution in [0.5, 0.6) is 0 Å². The second-order valence-corrected chi connectivity index (χ2v) is 3.46. The zero-order chi connectivity index (χ0) is 11.8. The maximum atomic E-state index is 11.1. The van der Waals surface area contributed by atoms with E-state index in [0.717, 1.165) is 5.57 Å². The van der Waals surface area contributed by atoms with Gasteiger partial charge in [0.2, 0.25) is 0 Å². The first kappa shape index (κ1) is 14.1. The number of carbonyl (C=O) groups is 1. The second-order valence-electron chi connectivity index (χ2n) is 3.46. The second kappa shape index (κ2) is 7.43. The smallest absolute Gasteiger partial charge is 0.306 e. The monoisotopic (exact) mass is 216 g/mol. The molecule has 0 saturated heterocycles. The molecule has 0 aromatic rings. The van der Waals surface area contributed by atoms with Gasteiger partial charge in [-0.05, 0) is 12.8 Å². The van der Waals surface area contributed by atoms with Crippen molar-refractivity contribution in [2.75, 3.05) is 21.3 Å². The fraction of sp³-hybridized carbons (Fsp3) is 0.727. The molecule has 0 rings (SSSR count). The first-order valence-electron chi connectivity index (χ1n) is 4.82. The molecule has 0 amide bonds. The zero-order valence-corrected chi connectivity index (χ0v) is 9.91. The van der Waals surface area contributed by atoms with Gasteiger partial charge in [-0.2, -0.15) is 0 Å². The topological polar surface area (TPSA) is 44.8 Å². The van der Waals surface area contributed by atoms with Gasteiger partial charge in [0.15, 0.2) is 6.29 Å². The highest BCUT2D eigenvalue weighted by molar-refractivity contribution is 5.69. The summed E-state index contributed by atoms with van der Waals surface area (Å²) < 4.78 is 14.8. The predicted molar refractivity (Wildman–Crippen MR) is 57.4 cm³/mol. The van der Waals surface area contributed by atoms with E-state index in [0.29, 0.717) is 12.8 Å². The predicted octanol–water partition coefficient (Wildman–Crippen LogP) is 1.75. The van der Waals surface area contributed by atoms with Gasteiger partial charge in [0.1, 0.15) is 0 Å². The number of allylic oxidation sites excluding steroid dienone is 1. The number of methoxy groups -OCH3 is 3. The number of rotatable bonds is 7. The van der Waals surface area contributed by atoms with E-state index in [2.05, 4.69) is 11.3 Å². The van der Waals surface area contributed by atoms with E-state index in [9.17, 15) is 4.79 Å². The Morgan fingerprint density at radius 1 is 1.27 bits per heavy atom. The zero-order valence-electron chi connectivity index (χ0n) is 9.91. The van der Waals surface area contributed by atoms with E-state index in [1.54, 1.807) is 14.2 Å². The summed E-state index contributed by atoms with van der Waals surface area (Å²) >= 11 is 0. The minimum Gasteiger partial charge on any atom is -0.469 e. The quantitative estimate of drug-likeness (QED) is 0.369. The number of ether oxygens (including phenoxy) is 3. The van der Waals surface area contributed by atoms with Crippen molar-refractivity contribution in [3.05, 3.63) is 12.2 Å². The average Bonchev–Trinajstić information content (AvgIpc) is 2.23. The van der Waals surface area contributed by atoms with Crippen molar-refractivity contribution < 1.29 is 19.0 Å². The lowest BCUT2D eigenvalue weighted by Crippen LogP contribution is -2.21. The first-order valence-corrected chi connectivity index (χ1v) is 4.82. The number of hydrogen-bond acceptors (Lipinski definition) is 4. The van der Waals surface area contributed by atoms with Crippen LogP contribution in [0, 0.1) is 5.92 Å². The van der Waals surface area contributed by atoms with Gasteiger partial charge in [-0.3, -0.25) is 4.79 Å². The standard InChI is InChI=1S/C11H20O4/c1-8(2)9(6-10(12)13-3)7-11(14-4)15-5/h9,11H,1,6-7H2,2-5H3/t9-/m0/s1. The molecule has 0 radical (unpaired) electrons. The molecule has 0 spiro atoms. The van der Waals surface area contributed by atoms with Crippen molar-refractivity contribution in [3.63, 3.8) is 0 Å². The highest BCUT2D eigenvalue weighted by atomic mass is 16.7. The molecule has 0 heterocycles. The van der Waals surface area contributed by atoms with Crippen LogP contribution in [0.1, 0.15) is 19.8 Å². The molecule has 0 aliphatic carbocycles. The molecule has 15 heavy (non-hydrogen) atoms. The van der Waals surface area contributed by atoms with Crippen molar-refractivity contribution in [2.24, 2.45) is 5.92 Å². The summed E-state index contributed by atoms with van der Waals surface area (Å²) in [6.45, 7) is 5.73. The van der Waals surface area contributed by atoms with Crippen LogP contribution in [-0.4, -0.2) is 33.6 Å². The van der Waals surface area contributed by atoms with Crippen LogP contribution < -0.4 is 0 Å². The van der Waals surface area contributed by atoms with Crippen LogP contribution in [-0.2, 0) is 19.0 Å². The number of hydrogen-bond donors (Lipinski definition) is 0. The third kappa shape index (κ3) is 5.54. The van der Waals surface area contributed by atoms with Crippen molar-refractivity contribution >= 4 is 5.97 Å². The summed E-state index contributed by atoms with van der Waals surface area (Å²) in [4.78, 5) is 11.1. The summed E-state index contributed by atoms with van der Waals surface area (Å²) in [5, 5.41) is 0. The molecule has 88 valence electrons. The van der Waals surface area contributed by atoms with Gasteiger partial charge < -0.3 is 14.2 Å². The third-order valence-electron chi connectivity index (χ3n) is 2.34. The molecule has 4 nitrogen and oxygen atoms in total. The Hall–Kier alpha value is -0.870. The van der Waals surface area contributed by atoms with Gasteiger partial charge in [-0.1, -0.05) is 12.2 Å². The molecular formula is C11H20O4. The molecule has 0 fully saturated rings. The normalized spacial score (nSPS) is 12.6. The van der Waals surface area contributed by atoms with Crippen LogP contribution in [0.15, 0.2) is 12.2 Å². The Morgan fingerprint density at radius 3 is 2.13 bits per heavy atom. The highest BCUT2D eigenvalue weighted by Gasteiger charge is 2.19. The SMILES string of the molecule is C=C(C)[C@@H](CC(=O)OC)CC(OC)OC. The van der Waals surface area contributed by atoms with E-state index in [4.69, 9.17) is 9.47 Å². The van der Waals surface area contributed by atoms with E-state index in [1.807, 2.05) is 6.92 Å². The Balaban J connectivity index is 4.27. The maximum absolute atomic E-state index is 11.1. The minimum absolute atomic E-state index is 0.0300. The lowest BCUT2D eigenvalue weighted by atomic mass is 9.94. The molecule has 0 saturated carbocycles. The van der Waals surface area contributed by atoms with Gasteiger partial charge >= 0.3 is 5.97 Å². The van der Waals surface area contributed by atoms with Gasteiger partial charge in [0.05, 0.1) is 13.5 Å². The lowest BCUT2D eigenvalue weighted by Gasteiger charge is -2.21. The van der Waals surface area contributed by atoms with Gasteiger partial charge in [-0.25, -0.2) is 0 Å². The van der Waals surface area contributed by atoms with Crippen molar-refractivity contribution in [2.45, 2.75) is 26.1 Å². The molecule has 1 atom stereocenters. The molecule has 0 aromatic heterocycles. The molecule has 0 aliphatic heterocycles. The molecule has 0 N–H and O–H groups in total. The molecule has 0 bridgehead atoms. The Kier molecular flexibility index (Phi) is 6.99. The summed E-state index contributed by atoms with van der Waals surface area (Å²) in [6.07, 6.45) is 0.614. The molecule has 0 unspecified atom stereocenters. The van der Waals surface area contributed by atoms with Crippen molar-refractivity contribution in [1.82, 2.24) is 0 Å². The lowest BCUT2D eigenvalue weighted by molar-refractivity contribution is -0.143. The van der Waals surface area contributed by atoms with Crippen LogP contribution in [0.25, 0.3) is 0 Å². The molecule has 4 heteroatoms. The highest BCUT2D eigenvalue weighted by Crippen LogP contribution is 2.21. The van der Waals surface area contributed by atoms with Gasteiger partial charge in [0.25, 0.3) is 0 Å². The van der Waals surface area contributed by atoms with E-state index < -0.39 is 0 Å². The molecular weight excluding hydrogens is 196 g/mol. The van der Waals surface area contributed by atoms with Crippen LogP contribution >= 0.6 is 0 Å². The molecule has 0 aromatic carbocycles. The summed E-state index contributed by atoms with van der Waals surface area (Å²) in [5.74, 6) is -0.212. The van der Waals surface area contributed by atoms with Crippen molar-refractivity contribution in [3.8, 4) is 0 Å². The van der Waals surface area contributed by atoms with E-state index in [-0.39, 0.29) is 18.2 Å². The Bertz CT molecular complexity index is 209. The Labute approximate surface area is 91.2 Å². The summed E-state index contributed by atoms with van der Waals surface area (Å²) in [5.41, 5.74) is 0.930. The maximum Gasteiger partial charge on any atom is 0.306 e. The first-order chi connectivity index (χ1) is 7.04. The van der Waals surface area contributed by atoms with Crippen molar-refractivity contribution in [1.29, 1.82) is 0 Å². The fourth-order valence-corrected chi connectivity index (χ4v) is 1.26. The third-order valence-corrected chi connectivity index (χ3v) is 2.34. The number of carbonyl (C=O) groups excluding carboxylic acids is 1. The van der Waals surface area contributed by atoms with Gasteiger partial charge in [0, 0.05) is 20.6 Å². The van der Waals surface area contributed by atoms with Crippen LogP contribution in [0.2, 0.25) is 0 Å². The molecule has 0 aliphatic rings. The van der Waals surface area contributed by atoms with Crippen LogP contribution in [0.3, 0.4) is 0 Å². The summed E-state index contributed by atoms with van der Waals surface area (Å²) in [6, 6.07) is 0. The van der Waals surface area contributed by atoms with Gasteiger partial charge in [-0.15, -0.1) is 0 Å². The largest absolute Gasteiger partial charge is 0.469 e. The Morgan fingerprint density at radius 2 is 1.80 bits per heavy atom. The van der Waals surface area contributed by atoms with Crippen LogP contribution in [0.4, 0.5) is 0 Å². The minimum atomic E-state index is -0.309. The average molecular weight is 216 g/mol. The van der Waals surface area contributed by atoms with E-state index >= 15 is 0 Å².